The Morgan fingerprint density at radius 1 is 1.27 bits per heavy atom. The number of rotatable bonds is 4. The lowest BCUT2D eigenvalue weighted by Crippen LogP contribution is -2.47. The molecule has 0 aromatic heterocycles. The molecule has 0 aromatic carbocycles. The first-order chi connectivity index (χ1) is 7.16. The van der Waals surface area contributed by atoms with Crippen LogP contribution in [-0.4, -0.2) is 24.0 Å². The summed E-state index contributed by atoms with van der Waals surface area (Å²) in [5, 5.41) is 6.49. The zero-order valence-electron chi connectivity index (χ0n) is 9.75. The molecule has 0 spiro atoms. The molecule has 2 fully saturated rings. The molecule has 2 saturated carbocycles. The summed E-state index contributed by atoms with van der Waals surface area (Å²) in [4.78, 5) is 11.7. The van der Waals surface area contributed by atoms with Crippen LogP contribution in [-0.2, 0) is 4.79 Å². The van der Waals surface area contributed by atoms with Crippen LogP contribution in [0.15, 0.2) is 0 Å². The first-order valence-corrected chi connectivity index (χ1v) is 6.23. The molecular weight excluding hydrogens is 188 g/mol. The van der Waals surface area contributed by atoms with Crippen LogP contribution in [0.3, 0.4) is 0 Å². The number of carbonyl (C=O) groups is 1. The molecule has 0 aromatic rings. The highest BCUT2D eigenvalue weighted by Gasteiger charge is 2.29. The number of hydrogen-bond acceptors (Lipinski definition) is 2. The van der Waals surface area contributed by atoms with E-state index in [1.807, 2.05) is 6.92 Å². The lowest BCUT2D eigenvalue weighted by Gasteiger charge is -2.22. The van der Waals surface area contributed by atoms with Crippen molar-refractivity contribution in [2.45, 2.75) is 64.1 Å². The maximum Gasteiger partial charge on any atom is 0.237 e. The Labute approximate surface area is 92.0 Å². The molecule has 3 nitrogen and oxygen atoms in total. The smallest absolute Gasteiger partial charge is 0.237 e. The van der Waals surface area contributed by atoms with Gasteiger partial charge in [0, 0.05) is 12.1 Å². The molecule has 86 valence electrons. The van der Waals surface area contributed by atoms with Crippen molar-refractivity contribution in [3.63, 3.8) is 0 Å². The minimum atomic E-state index is -0.0313. The fourth-order valence-electron chi connectivity index (χ4n) is 2.34. The average molecular weight is 210 g/mol. The highest BCUT2D eigenvalue weighted by Crippen LogP contribution is 2.25. The van der Waals surface area contributed by atoms with Crippen LogP contribution in [0.2, 0.25) is 0 Å². The van der Waals surface area contributed by atoms with Crippen molar-refractivity contribution in [2.75, 3.05) is 0 Å². The minimum absolute atomic E-state index is 0.0313. The normalized spacial score (nSPS) is 32.7. The Morgan fingerprint density at radius 2 is 2.00 bits per heavy atom. The van der Waals surface area contributed by atoms with Crippen molar-refractivity contribution >= 4 is 5.91 Å². The molecule has 1 amide bonds. The molecule has 2 rings (SSSR count). The molecule has 2 aliphatic carbocycles. The van der Waals surface area contributed by atoms with Gasteiger partial charge >= 0.3 is 0 Å². The summed E-state index contributed by atoms with van der Waals surface area (Å²) in [7, 11) is 0. The van der Waals surface area contributed by atoms with Gasteiger partial charge in [-0.1, -0.05) is 13.3 Å². The summed E-state index contributed by atoms with van der Waals surface area (Å²) in [6.07, 6.45) is 6.16. The Bertz CT molecular complexity index is 238. The largest absolute Gasteiger partial charge is 0.352 e. The highest BCUT2D eigenvalue weighted by atomic mass is 16.2. The molecule has 2 N–H and O–H groups in total. The second-order valence-electron chi connectivity index (χ2n) is 5.19. The lowest BCUT2D eigenvalue weighted by molar-refractivity contribution is -0.123. The fourth-order valence-corrected chi connectivity index (χ4v) is 2.34. The van der Waals surface area contributed by atoms with Crippen LogP contribution in [0.25, 0.3) is 0 Å². The molecule has 0 aliphatic heterocycles. The van der Waals surface area contributed by atoms with Crippen LogP contribution < -0.4 is 10.6 Å². The molecule has 0 heterocycles. The van der Waals surface area contributed by atoms with Gasteiger partial charge in [0.1, 0.15) is 0 Å². The van der Waals surface area contributed by atoms with Gasteiger partial charge in [-0.25, -0.2) is 0 Å². The summed E-state index contributed by atoms with van der Waals surface area (Å²) in [5.74, 6) is 0.901. The third kappa shape index (κ3) is 2.94. The molecule has 3 heteroatoms. The van der Waals surface area contributed by atoms with Gasteiger partial charge in [0.15, 0.2) is 0 Å². The van der Waals surface area contributed by atoms with Gasteiger partial charge in [0.25, 0.3) is 0 Å². The van der Waals surface area contributed by atoms with Gasteiger partial charge in [-0.3, -0.25) is 4.79 Å². The average Bonchev–Trinajstić information content (AvgIpc) is 2.92. The quantitative estimate of drug-likeness (QED) is 0.737. The summed E-state index contributed by atoms with van der Waals surface area (Å²) < 4.78 is 0. The van der Waals surface area contributed by atoms with Crippen molar-refractivity contribution in [1.82, 2.24) is 10.6 Å². The summed E-state index contributed by atoms with van der Waals surface area (Å²) in [6.45, 7) is 4.25. The van der Waals surface area contributed by atoms with E-state index < -0.39 is 0 Å². The lowest BCUT2D eigenvalue weighted by atomic mass is 10.1. The van der Waals surface area contributed by atoms with Gasteiger partial charge in [0.05, 0.1) is 6.04 Å². The number of amides is 1. The first-order valence-electron chi connectivity index (χ1n) is 6.23. The van der Waals surface area contributed by atoms with Crippen molar-refractivity contribution in [3.8, 4) is 0 Å². The van der Waals surface area contributed by atoms with Gasteiger partial charge < -0.3 is 10.6 Å². The van der Waals surface area contributed by atoms with E-state index in [4.69, 9.17) is 0 Å². The van der Waals surface area contributed by atoms with Crippen LogP contribution in [0, 0.1) is 5.92 Å². The Balaban J connectivity index is 1.74. The summed E-state index contributed by atoms with van der Waals surface area (Å²) in [6, 6.07) is 0.990. The van der Waals surface area contributed by atoms with Gasteiger partial charge in [-0.2, -0.15) is 0 Å². The SMILES string of the molecule is CC(NC1CCCC1C)C(=O)NC1CC1. The van der Waals surface area contributed by atoms with E-state index in [0.29, 0.717) is 12.1 Å². The third-order valence-electron chi connectivity index (χ3n) is 3.64. The summed E-state index contributed by atoms with van der Waals surface area (Å²) >= 11 is 0. The molecule has 0 saturated heterocycles. The minimum Gasteiger partial charge on any atom is -0.352 e. The molecular formula is C12H22N2O. The van der Waals surface area contributed by atoms with Gasteiger partial charge in [0.2, 0.25) is 5.91 Å². The molecule has 15 heavy (non-hydrogen) atoms. The molecule has 3 unspecified atom stereocenters. The van der Waals surface area contributed by atoms with Crippen LogP contribution in [0.4, 0.5) is 0 Å². The standard InChI is InChI=1S/C12H22N2O/c1-8-4-3-5-11(8)13-9(2)12(15)14-10-6-7-10/h8-11,13H,3-7H2,1-2H3,(H,14,15). The predicted octanol–water partition coefficient (Wildman–Crippen LogP) is 1.43. The Morgan fingerprint density at radius 3 is 2.53 bits per heavy atom. The summed E-state index contributed by atoms with van der Waals surface area (Å²) in [5.41, 5.74) is 0. The fraction of sp³-hybridized carbons (Fsp3) is 0.917. The maximum absolute atomic E-state index is 11.7. The Kier molecular flexibility index (Phi) is 3.29. The monoisotopic (exact) mass is 210 g/mol. The zero-order valence-corrected chi connectivity index (χ0v) is 9.75. The first kappa shape index (κ1) is 10.9. The highest BCUT2D eigenvalue weighted by molar-refractivity contribution is 5.81. The maximum atomic E-state index is 11.7. The van der Waals surface area contributed by atoms with Gasteiger partial charge in [-0.05, 0) is 38.5 Å². The van der Waals surface area contributed by atoms with Crippen molar-refractivity contribution < 1.29 is 4.79 Å². The van der Waals surface area contributed by atoms with E-state index in [2.05, 4.69) is 17.6 Å². The van der Waals surface area contributed by atoms with Crippen LogP contribution >= 0.6 is 0 Å². The number of hydrogen-bond donors (Lipinski definition) is 2. The van der Waals surface area contributed by atoms with E-state index in [1.54, 1.807) is 0 Å². The molecule has 0 bridgehead atoms. The third-order valence-corrected chi connectivity index (χ3v) is 3.64. The Hall–Kier alpha value is -0.570. The van der Waals surface area contributed by atoms with E-state index in [9.17, 15) is 4.79 Å². The van der Waals surface area contributed by atoms with Crippen LogP contribution in [0.5, 0.6) is 0 Å². The van der Waals surface area contributed by atoms with Crippen molar-refractivity contribution in [3.05, 3.63) is 0 Å². The second kappa shape index (κ2) is 4.52. The van der Waals surface area contributed by atoms with E-state index in [1.165, 1.54) is 19.3 Å². The van der Waals surface area contributed by atoms with E-state index >= 15 is 0 Å². The van der Waals surface area contributed by atoms with E-state index in [0.717, 1.165) is 18.8 Å². The van der Waals surface area contributed by atoms with Crippen LogP contribution in [0.1, 0.15) is 46.0 Å². The molecule has 3 atom stereocenters. The van der Waals surface area contributed by atoms with Crippen molar-refractivity contribution in [1.29, 1.82) is 0 Å². The zero-order chi connectivity index (χ0) is 10.8. The molecule has 0 radical (unpaired) electrons. The number of nitrogens with one attached hydrogen (secondary N) is 2. The molecule has 2 aliphatic rings. The predicted molar refractivity (Wildman–Crippen MR) is 60.6 cm³/mol. The van der Waals surface area contributed by atoms with Crippen molar-refractivity contribution in [2.24, 2.45) is 5.92 Å². The topological polar surface area (TPSA) is 41.1 Å². The second-order valence-corrected chi connectivity index (χ2v) is 5.19. The van der Waals surface area contributed by atoms with E-state index in [-0.39, 0.29) is 11.9 Å². The van der Waals surface area contributed by atoms with Gasteiger partial charge in [-0.15, -0.1) is 0 Å². The number of carbonyl (C=O) groups excluding carboxylic acids is 1.